The third kappa shape index (κ3) is 3.96. The molecule has 2 heterocycles. The third-order valence-electron chi connectivity index (χ3n) is 8.81. The maximum Gasteiger partial charge on any atom is 0.220 e. The normalized spacial score (nSPS) is 19.4. The van der Waals surface area contributed by atoms with Crippen molar-refractivity contribution in [2.75, 3.05) is 0 Å². The minimum absolute atomic E-state index is 0.742. The molecule has 2 aliphatic rings. The van der Waals surface area contributed by atoms with Gasteiger partial charge in [0.2, 0.25) is 5.69 Å². The van der Waals surface area contributed by atoms with Crippen molar-refractivity contribution in [2.24, 2.45) is 7.05 Å². The van der Waals surface area contributed by atoms with Gasteiger partial charge in [0, 0.05) is 6.07 Å². The van der Waals surface area contributed by atoms with Gasteiger partial charge in [-0.15, -0.1) is 0 Å². The highest BCUT2D eigenvalue weighted by atomic mass is 28.3. The fourth-order valence-corrected chi connectivity index (χ4v) is 10.4. The predicted octanol–water partition coefficient (Wildman–Crippen LogP) is 7.47. The van der Waals surface area contributed by atoms with Crippen LogP contribution in [0.2, 0.25) is 18.6 Å². The zero-order valence-electron chi connectivity index (χ0n) is 20.6. The molecule has 0 unspecified atom stereocenters. The fraction of sp³-hybridized carbons (Fsp3) is 0.500. The molecule has 1 aromatic heterocycles. The Balaban J connectivity index is 1.64. The van der Waals surface area contributed by atoms with E-state index in [1.165, 1.54) is 96.6 Å². The second-order valence-corrected chi connectivity index (χ2v) is 15.7. The third-order valence-corrected chi connectivity index (χ3v) is 13.4. The molecule has 2 aromatic carbocycles. The van der Waals surface area contributed by atoms with Crippen LogP contribution < -0.4 is 9.75 Å². The van der Waals surface area contributed by atoms with E-state index in [-0.39, 0.29) is 0 Å². The van der Waals surface area contributed by atoms with Crippen LogP contribution in [0.3, 0.4) is 0 Å². The summed E-state index contributed by atoms with van der Waals surface area (Å²) in [5, 5.41) is 4.51. The fourth-order valence-electron chi connectivity index (χ4n) is 6.51. The topological polar surface area (TPSA) is 3.88 Å². The van der Waals surface area contributed by atoms with E-state index in [1.54, 1.807) is 10.8 Å². The zero-order valence-corrected chi connectivity index (χ0v) is 21.6. The lowest BCUT2D eigenvalue weighted by atomic mass is 9.81. The molecule has 1 saturated carbocycles. The van der Waals surface area contributed by atoms with Gasteiger partial charge in [-0.05, 0) is 66.8 Å². The largest absolute Gasteiger partial charge is 0.220 e. The summed E-state index contributed by atoms with van der Waals surface area (Å²) < 4.78 is 2.36. The number of hydrogen-bond acceptors (Lipinski definition) is 0. The molecular weight excluding hydrogens is 402 g/mol. The summed E-state index contributed by atoms with van der Waals surface area (Å²) in [6, 6.07) is 17.8. The first-order valence-electron chi connectivity index (χ1n) is 13.0. The molecule has 1 aliphatic carbocycles. The van der Waals surface area contributed by atoms with Crippen LogP contribution in [0, 0.1) is 13.8 Å². The molecule has 3 aromatic rings. The van der Waals surface area contributed by atoms with Gasteiger partial charge in [-0.2, -0.15) is 0 Å². The Morgan fingerprint density at radius 3 is 2.31 bits per heavy atom. The number of hydrogen-bond donors (Lipinski definition) is 0. The van der Waals surface area contributed by atoms with Gasteiger partial charge < -0.3 is 0 Å². The Kier molecular flexibility index (Phi) is 6.01. The number of pyridine rings is 1. The van der Waals surface area contributed by atoms with E-state index in [2.05, 4.69) is 74.6 Å². The quantitative estimate of drug-likeness (QED) is 0.293. The van der Waals surface area contributed by atoms with Crippen LogP contribution in [0.15, 0.2) is 42.6 Å². The van der Waals surface area contributed by atoms with E-state index in [4.69, 9.17) is 0 Å². The van der Waals surface area contributed by atoms with Gasteiger partial charge in [0.25, 0.3) is 0 Å². The molecular formula is C30H40NSi+. The summed E-state index contributed by atoms with van der Waals surface area (Å²) >= 11 is 0. The first-order chi connectivity index (χ1) is 15.5. The van der Waals surface area contributed by atoms with E-state index >= 15 is 0 Å². The van der Waals surface area contributed by atoms with Crippen LogP contribution in [0.4, 0.5) is 0 Å². The highest BCUT2D eigenvalue weighted by Crippen LogP contribution is 2.38. The molecule has 0 amide bonds. The van der Waals surface area contributed by atoms with Crippen molar-refractivity contribution in [1.29, 1.82) is 0 Å². The van der Waals surface area contributed by atoms with Gasteiger partial charge in [-0.3, -0.25) is 0 Å². The van der Waals surface area contributed by atoms with Crippen molar-refractivity contribution in [1.82, 2.24) is 0 Å². The van der Waals surface area contributed by atoms with Crippen LogP contribution in [0.1, 0.15) is 74.0 Å². The van der Waals surface area contributed by atoms with Crippen molar-refractivity contribution < 1.29 is 4.57 Å². The number of aromatic nitrogens is 1. The van der Waals surface area contributed by atoms with Crippen molar-refractivity contribution in [2.45, 2.75) is 89.8 Å². The van der Waals surface area contributed by atoms with E-state index in [0.717, 1.165) is 5.92 Å². The maximum atomic E-state index is 2.62. The van der Waals surface area contributed by atoms with Crippen molar-refractivity contribution >= 4 is 24.0 Å². The molecule has 2 heteroatoms. The van der Waals surface area contributed by atoms with E-state index in [9.17, 15) is 0 Å². The van der Waals surface area contributed by atoms with Gasteiger partial charge in [0.1, 0.15) is 7.05 Å². The summed E-state index contributed by atoms with van der Waals surface area (Å²) in [7, 11) is 0.926. The van der Waals surface area contributed by atoms with Gasteiger partial charge in [0.15, 0.2) is 6.20 Å². The van der Waals surface area contributed by atoms with Gasteiger partial charge in [-0.25, -0.2) is 4.57 Å². The Bertz CT molecular complexity index is 1130. The Morgan fingerprint density at radius 2 is 1.56 bits per heavy atom. The first kappa shape index (κ1) is 21.9. The van der Waals surface area contributed by atoms with Crippen molar-refractivity contribution in [3.05, 3.63) is 59.3 Å². The summed E-state index contributed by atoms with van der Waals surface area (Å²) in [6.07, 6.45) is 13.5. The van der Waals surface area contributed by atoms with Crippen molar-refractivity contribution in [3.63, 3.8) is 0 Å². The minimum Gasteiger partial charge on any atom is -0.200 e. The van der Waals surface area contributed by atoms with E-state index in [1.807, 2.05) is 0 Å². The van der Waals surface area contributed by atoms with Crippen LogP contribution in [0.5, 0.6) is 0 Å². The molecule has 32 heavy (non-hydrogen) atoms. The number of fused-ring (bicyclic) bond motifs is 1. The van der Waals surface area contributed by atoms with Crippen LogP contribution in [-0.2, 0) is 7.05 Å². The molecule has 0 N–H and O–H groups in total. The molecule has 0 bridgehead atoms. The van der Waals surface area contributed by atoms with Crippen molar-refractivity contribution in [3.8, 4) is 11.3 Å². The lowest BCUT2D eigenvalue weighted by molar-refractivity contribution is -0.659. The molecule has 0 atom stereocenters. The highest BCUT2D eigenvalue weighted by Gasteiger charge is 2.32. The van der Waals surface area contributed by atoms with Gasteiger partial charge in [0.05, 0.1) is 19.0 Å². The highest BCUT2D eigenvalue weighted by molar-refractivity contribution is 6.91. The molecule has 1 nitrogen and oxygen atoms in total. The average molecular weight is 443 g/mol. The zero-order chi connectivity index (χ0) is 22.3. The lowest BCUT2D eigenvalue weighted by Gasteiger charge is -2.32. The predicted molar refractivity (Wildman–Crippen MR) is 141 cm³/mol. The molecule has 1 aliphatic heterocycles. The molecule has 0 spiro atoms. The van der Waals surface area contributed by atoms with E-state index in [0.29, 0.717) is 0 Å². The van der Waals surface area contributed by atoms with Crippen LogP contribution in [0.25, 0.3) is 22.0 Å². The first-order valence-corrected chi connectivity index (χ1v) is 15.9. The summed E-state index contributed by atoms with van der Waals surface area (Å²) in [5.41, 5.74) is 7.28. The Morgan fingerprint density at radius 1 is 0.844 bits per heavy atom. The smallest absolute Gasteiger partial charge is 0.200 e. The minimum atomic E-state index is -1.30. The van der Waals surface area contributed by atoms with E-state index < -0.39 is 8.07 Å². The summed E-state index contributed by atoms with van der Waals surface area (Å²) in [4.78, 5) is 0. The average Bonchev–Trinajstić information content (AvgIpc) is 2.82. The molecule has 168 valence electrons. The summed E-state index contributed by atoms with van der Waals surface area (Å²) in [5.74, 6) is 0.742. The second-order valence-electron chi connectivity index (χ2n) is 11.0. The standard InChI is InChI=1S/C30H40NSi/c1-22-19-26(24-11-7-5-8-12-24)21-29(23(22)2)30-28-14-13-27(20-25(28)15-16-31(30)3)32(4)17-9-6-10-18-32/h13-16,19-21,24H,5-12,17-18H2,1-4H3/q+1. The molecule has 0 radical (unpaired) electrons. The van der Waals surface area contributed by atoms with Crippen LogP contribution in [-0.4, -0.2) is 8.07 Å². The Hall–Kier alpha value is -1.93. The lowest BCUT2D eigenvalue weighted by Crippen LogP contribution is -2.45. The SMILES string of the molecule is Cc1cc(C2CCCCC2)cc(-c2c3ccc([Si]4(C)CCCCC4)cc3cc[n+]2C)c1C. The number of aryl methyl sites for hydroxylation is 2. The molecule has 2 fully saturated rings. The van der Waals surface area contributed by atoms with Crippen LogP contribution >= 0.6 is 0 Å². The molecule has 5 rings (SSSR count). The monoisotopic (exact) mass is 442 g/mol. The van der Waals surface area contributed by atoms with Gasteiger partial charge in [-0.1, -0.05) is 80.5 Å². The Labute approximate surface area is 195 Å². The molecule has 1 saturated heterocycles. The number of nitrogens with zero attached hydrogens (tertiary/aromatic N) is 1. The second kappa shape index (κ2) is 8.78. The maximum absolute atomic E-state index is 2.62. The van der Waals surface area contributed by atoms with Gasteiger partial charge >= 0.3 is 0 Å². The number of rotatable bonds is 3. The summed E-state index contributed by atoms with van der Waals surface area (Å²) in [6.45, 7) is 7.25. The number of benzene rings is 2.